The minimum atomic E-state index is -3.40. The van der Waals surface area contributed by atoms with Crippen LogP contribution in [0.2, 0.25) is 0 Å². The molecule has 0 spiro atoms. The van der Waals surface area contributed by atoms with Gasteiger partial charge in [0.1, 0.15) is 0 Å². The van der Waals surface area contributed by atoms with Crippen molar-refractivity contribution < 1.29 is 8.42 Å². The fourth-order valence-corrected chi connectivity index (χ4v) is 4.05. The number of rotatable bonds is 7. The van der Waals surface area contributed by atoms with Gasteiger partial charge in [0.05, 0.1) is 4.90 Å². The van der Waals surface area contributed by atoms with Gasteiger partial charge in [0.25, 0.3) is 0 Å². The Labute approximate surface area is 122 Å². The molecule has 5 heteroatoms. The lowest BCUT2D eigenvalue weighted by Crippen LogP contribution is -2.29. The second-order valence-electron chi connectivity index (χ2n) is 5.39. The second kappa shape index (κ2) is 7.20. The van der Waals surface area contributed by atoms with Crippen LogP contribution >= 0.6 is 0 Å². The predicted molar refractivity (Wildman–Crippen MR) is 81.0 cm³/mol. The van der Waals surface area contributed by atoms with E-state index in [0.717, 1.165) is 24.9 Å². The molecule has 0 radical (unpaired) electrons. The molecule has 0 saturated heterocycles. The van der Waals surface area contributed by atoms with Gasteiger partial charge in [-0.05, 0) is 36.9 Å². The fraction of sp³-hybridized carbons (Fsp3) is 0.600. The molecule has 1 aliphatic carbocycles. The molecular formula is C15H24N2O2S. The summed E-state index contributed by atoms with van der Waals surface area (Å²) in [5.74, 6) is 0.505. The van der Waals surface area contributed by atoms with Crippen LogP contribution in [0.5, 0.6) is 0 Å². The molecule has 1 fully saturated rings. The van der Waals surface area contributed by atoms with Crippen molar-refractivity contribution in [2.24, 2.45) is 5.92 Å². The molecule has 0 atom stereocenters. The van der Waals surface area contributed by atoms with E-state index < -0.39 is 10.0 Å². The second-order valence-corrected chi connectivity index (χ2v) is 7.13. The lowest BCUT2D eigenvalue weighted by atomic mass is 10.1. The van der Waals surface area contributed by atoms with Crippen molar-refractivity contribution in [2.45, 2.75) is 44.0 Å². The van der Waals surface area contributed by atoms with Gasteiger partial charge in [-0.1, -0.05) is 38.0 Å². The predicted octanol–water partition coefficient (Wildman–Crippen LogP) is 2.26. The summed E-state index contributed by atoms with van der Waals surface area (Å²) < 4.78 is 27.6. The third kappa shape index (κ3) is 4.04. The van der Waals surface area contributed by atoms with E-state index in [1.165, 1.54) is 12.8 Å². The maximum Gasteiger partial charge on any atom is 0.240 e. The molecule has 1 aliphatic rings. The van der Waals surface area contributed by atoms with Crippen molar-refractivity contribution in [3.8, 4) is 0 Å². The summed E-state index contributed by atoms with van der Waals surface area (Å²) in [5.41, 5.74) is 0.827. The first-order chi connectivity index (χ1) is 9.63. The quantitative estimate of drug-likeness (QED) is 0.811. The van der Waals surface area contributed by atoms with Gasteiger partial charge in [-0.25, -0.2) is 13.1 Å². The molecule has 0 heterocycles. The highest BCUT2D eigenvalue weighted by atomic mass is 32.2. The highest BCUT2D eigenvalue weighted by Gasteiger charge is 2.21. The fourth-order valence-electron chi connectivity index (χ4n) is 2.69. The molecule has 4 nitrogen and oxygen atoms in total. The Morgan fingerprint density at radius 3 is 2.60 bits per heavy atom. The Bertz CT molecular complexity index is 522. The maximum absolute atomic E-state index is 12.4. The van der Waals surface area contributed by atoms with Crippen LogP contribution in [0.3, 0.4) is 0 Å². The van der Waals surface area contributed by atoms with Crippen molar-refractivity contribution in [2.75, 3.05) is 13.1 Å². The lowest BCUT2D eigenvalue weighted by Gasteiger charge is -2.14. The highest BCUT2D eigenvalue weighted by Crippen LogP contribution is 2.24. The molecule has 0 bridgehead atoms. The Kier molecular flexibility index (Phi) is 5.57. The zero-order chi connectivity index (χ0) is 14.4. The van der Waals surface area contributed by atoms with Gasteiger partial charge in [0.15, 0.2) is 0 Å². The summed E-state index contributed by atoms with van der Waals surface area (Å²) in [6, 6.07) is 7.21. The first-order valence-electron chi connectivity index (χ1n) is 7.41. The molecule has 0 amide bonds. The minimum absolute atomic E-state index is 0.402. The van der Waals surface area contributed by atoms with Gasteiger partial charge in [-0.2, -0.15) is 0 Å². The van der Waals surface area contributed by atoms with Crippen LogP contribution in [-0.4, -0.2) is 21.5 Å². The number of hydrogen-bond acceptors (Lipinski definition) is 3. The van der Waals surface area contributed by atoms with E-state index in [-0.39, 0.29) is 0 Å². The van der Waals surface area contributed by atoms with Crippen molar-refractivity contribution in [1.29, 1.82) is 0 Å². The largest absolute Gasteiger partial charge is 0.313 e. The van der Waals surface area contributed by atoms with E-state index in [1.54, 1.807) is 12.1 Å². The average molecular weight is 296 g/mol. The molecule has 0 unspecified atom stereocenters. The molecule has 2 N–H and O–H groups in total. The van der Waals surface area contributed by atoms with E-state index >= 15 is 0 Å². The summed E-state index contributed by atoms with van der Waals surface area (Å²) >= 11 is 0. The first kappa shape index (κ1) is 15.5. The Hall–Kier alpha value is -0.910. The Morgan fingerprint density at radius 1 is 1.20 bits per heavy atom. The van der Waals surface area contributed by atoms with Gasteiger partial charge in [0.2, 0.25) is 10.0 Å². The van der Waals surface area contributed by atoms with Crippen molar-refractivity contribution in [1.82, 2.24) is 10.0 Å². The van der Waals surface area contributed by atoms with Gasteiger partial charge in [0, 0.05) is 13.1 Å². The van der Waals surface area contributed by atoms with Crippen LogP contribution < -0.4 is 10.0 Å². The number of benzene rings is 1. The first-order valence-corrected chi connectivity index (χ1v) is 8.90. The van der Waals surface area contributed by atoms with Crippen LogP contribution in [0.1, 0.15) is 38.2 Å². The maximum atomic E-state index is 12.4. The van der Waals surface area contributed by atoms with E-state index in [4.69, 9.17) is 0 Å². The highest BCUT2D eigenvalue weighted by molar-refractivity contribution is 7.89. The molecule has 112 valence electrons. The van der Waals surface area contributed by atoms with Crippen molar-refractivity contribution >= 4 is 10.0 Å². The number of sulfonamides is 1. The summed E-state index contributed by atoms with van der Waals surface area (Å²) in [6.45, 7) is 3.98. The van der Waals surface area contributed by atoms with Crippen LogP contribution in [0.25, 0.3) is 0 Å². The summed E-state index contributed by atoms with van der Waals surface area (Å²) in [7, 11) is -3.40. The van der Waals surface area contributed by atoms with Crippen molar-refractivity contribution in [3.05, 3.63) is 29.8 Å². The Morgan fingerprint density at radius 2 is 1.90 bits per heavy atom. The topological polar surface area (TPSA) is 58.2 Å². The van der Waals surface area contributed by atoms with Gasteiger partial charge in [-0.3, -0.25) is 0 Å². The summed E-state index contributed by atoms with van der Waals surface area (Å²) in [6.07, 6.45) is 4.73. The molecule has 1 aromatic carbocycles. The van der Waals surface area contributed by atoms with Gasteiger partial charge in [-0.15, -0.1) is 0 Å². The van der Waals surface area contributed by atoms with E-state index in [1.807, 2.05) is 19.1 Å². The molecule has 0 aliphatic heterocycles. The SMILES string of the molecule is CCNCc1ccccc1S(=O)(=O)NCC1CCCC1. The van der Waals surface area contributed by atoms with E-state index in [0.29, 0.717) is 23.9 Å². The smallest absolute Gasteiger partial charge is 0.240 e. The summed E-state index contributed by atoms with van der Waals surface area (Å²) in [5, 5.41) is 3.18. The number of hydrogen-bond donors (Lipinski definition) is 2. The molecule has 1 aromatic rings. The van der Waals surface area contributed by atoms with E-state index in [2.05, 4.69) is 10.0 Å². The van der Waals surface area contributed by atoms with E-state index in [9.17, 15) is 8.42 Å². The van der Waals surface area contributed by atoms with Gasteiger partial charge >= 0.3 is 0 Å². The molecule has 2 rings (SSSR count). The normalized spacial score (nSPS) is 16.6. The minimum Gasteiger partial charge on any atom is -0.313 e. The van der Waals surface area contributed by atoms with Crippen LogP contribution in [0.4, 0.5) is 0 Å². The molecular weight excluding hydrogens is 272 g/mol. The molecule has 20 heavy (non-hydrogen) atoms. The standard InChI is InChI=1S/C15H24N2O2S/c1-2-16-12-14-9-5-6-10-15(14)20(18,19)17-11-13-7-3-4-8-13/h5-6,9-10,13,16-17H,2-4,7-8,11-12H2,1H3. The van der Waals surface area contributed by atoms with Crippen molar-refractivity contribution in [3.63, 3.8) is 0 Å². The van der Waals surface area contributed by atoms with Crippen LogP contribution in [0, 0.1) is 5.92 Å². The zero-order valence-corrected chi connectivity index (χ0v) is 12.9. The molecule has 1 saturated carbocycles. The van der Waals surface area contributed by atoms with Crippen LogP contribution in [-0.2, 0) is 16.6 Å². The Balaban J connectivity index is 2.07. The average Bonchev–Trinajstić information content (AvgIpc) is 2.97. The monoisotopic (exact) mass is 296 g/mol. The van der Waals surface area contributed by atoms with Crippen LogP contribution in [0.15, 0.2) is 29.2 Å². The zero-order valence-electron chi connectivity index (χ0n) is 12.1. The molecule has 0 aromatic heterocycles. The summed E-state index contributed by atoms with van der Waals surface area (Å²) in [4.78, 5) is 0.402. The number of nitrogens with one attached hydrogen (secondary N) is 2. The third-order valence-corrected chi connectivity index (χ3v) is 5.39. The third-order valence-electron chi connectivity index (χ3n) is 3.86. The lowest BCUT2D eigenvalue weighted by molar-refractivity contribution is 0.519. The van der Waals surface area contributed by atoms with Gasteiger partial charge < -0.3 is 5.32 Å².